The minimum Gasteiger partial charge on any atom is -0.493 e. The Morgan fingerprint density at radius 2 is 1.92 bits per heavy atom. The van der Waals surface area contributed by atoms with Gasteiger partial charge in [0, 0.05) is 71.6 Å². The smallest absolute Gasteiger partial charge is 0.333 e. The third-order valence-electron chi connectivity index (χ3n) is 13.4. The van der Waals surface area contributed by atoms with E-state index in [0.717, 1.165) is 50.0 Å². The SMILES string of the molecule is COCOc1c(OC)c(C)cc2c1[C@@H]1[C@@H]3[C@@H]4SC[C@]5(NCCc6c5[nH]c5ccc(CO)cc65)C(=O)OCC(c5c6c(c(C)c(OC(C)=O)c54)OCO6)N3[C@@H](C#N)[C@H](C2)N1C. The van der Waals surface area contributed by atoms with E-state index in [1.807, 2.05) is 32.0 Å². The summed E-state index contributed by atoms with van der Waals surface area (Å²) in [5.41, 5.74) is 6.98. The van der Waals surface area contributed by atoms with Gasteiger partial charge in [-0.3, -0.25) is 19.9 Å². The summed E-state index contributed by atoms with van der Waals surface area (Å²) >= 11 is 1.56. The molecule has 8 heterocycles. The molecule has 2 fully saturated rings. The normalized spacial score (nSPS) is 27.7. The highest BCUT2D eigenvalue weighted by atomic mass is 32.2. The van der Waals surface area contributed by atoms with Gasteiger partial charge in [-0.2, -0.15) is 5.26 Å². The van der Waals surface area contributed by atoms with Gasteiger partial charge in [0.25, 0.3) is 0 Å². The van der Waals surface area contributed by atoms with E-state index >= 15 is 4.79 Å². The third kappa shape index (κ3) is 5.46. The molecule has 7 atom stereocenters. The maximum atomic E-state index is 15.0. The lowest BCUT2D eigenvalue weighted by molar-refractivity contribution is -0.157. The minimum absolute atomic E-state index is 0.0129. The number of rotatable bonds is 6. The fraction of sp³-hybridized carbons (Fsp3) is 0.477. The lowest BCUT2D eigenvalue weighted by Crippen LogP contribution is -2.69. The van der Waals surface area contributed by atoms with Gasteiger partial charge < -0.3 is 43.2 Å². The molecule has 15 nitrogen and oxygen atoms in total. The van der Waals surface area contributed by atoms with Crippen molar-refractivity contribution in [1.29, 1.82) is 5.26 Å². The number of fused-ring (bicyclic) bond motifs is 11. The number of aromatic nitrogens is 1. The number of nitrogens with zero attached hydrogens (tertiary/aromatic N) is 3. The lowest BCUT2D eigenvalue weighted by Gasteiger charge is -2.62. The Balaban J connectivity index is 1.24. The van der Waals surface area contributed by atoms with E-state index in [-0.39, 0.29) is 44.6 Å². The summed E-state index contributed by atoms with van der Waals surface area (Å²) in [5.74, 6) is 1.76. The maximum absolute atomic E-state index is 15.0. The molecule has 1 unspecified atom stereocenters. The number of hydrogen-bond donors (Lipinski definition) is 3. The van der Waals surface area contributed by atoms with Crippen molar-refractivity contribution in [3.63, 3.8) is 0 Å². The maximum Gasteiger partial charge on any atom is 0.333 e. The molecule has 0 aliphatic carbocycles. The topological polar surface area (TPSA) is 177 Å². The average Bonchev–Trinajstić information content (AvgIpc) is 3.88. The van der Waals surface area contributed by atoms with Crippen LogP contribution in [0.2, 0.25) is 0 Å². The number of aliphatic hydroxyl groups excluding tert-OH is 1. The number of likely N-dealkylation sites (N-methyl/N-ethyl adjacent to an activating group) is 1. The van der Waals surface area contributed by atoms with Crippen LogP contribution in [0.25, 0.3) is 10.9 Å². The number of benzene rings is 3. The minimum atomic E-state index is -1.30. The number of aliphatic hydroxyl groups is 1. The fourth-order valence-electron chi connectivity index (χ4n) is 11.0. The van der Waals surface area contributed by atoms with Crippen molar-refractivity contribution in [2.24, 2.45) is 0 Å². The highest BCUT2D eigenvalue weighted by Gasteiger charge is 2.62. The molecule has 0 saturated carbocycles. The summed E-state index contributed by atoms with van der Waals surface area (Å²) < 4.78 is 43.2. The highest BCUT2D eigenvalue weighted by Crippen LogP contribution is 2.64. The number of aromatic amines is 1. The number of piperazine rings is 1. The first kappa shape index (κ1) is 39.1. The quantitative estimate of drug-likeness (QED) is 0.140. The van der Waals surface area contributed by atoms with E-state index in [1.54, 1.807) is 26.0 Å². The molecule has 4 bridgehead atoms. The molecule has 7 aliphatic rings. The van der Waals surface area contributed by atoms with Gasteiger partial charge in [-0.25, -0.2) is 4.79 Å². The van der Waals surface area contributed by atoms with Gasteiger partial charge in [0.15, 0.2) is 35.3 Å². The molecule has 4 aromatic rings. The predicted octanol–water partition coefficient (Wildman–Crippen LogP) is 4.52. The molecular formula is C44H47N5O10S. The van der Waals surface area contributed by atoms with Crippen molar-refractivity contribution in [3.8, 4) is 34.8 Å². The number of carbonyl (C=O) groups excluding carboxylic acids is 2. The summed E-state index contributed by atoms with van der Waals surface area (Å²) in [6, 6.07) is 8.13. The molecule has 60 heavy (non-hydrogen) atoms. The molecule has 0 amide bonds. The number of methoxy groups -OCH3 is 2. The Hall–Kier alpha value is -5.02. The van der Waals surface area contributed by atoms with Crippen LogP contribution in [0.5, 0.6) is 28.7 Å². The number of H-pyrrole nitrogens is 1. The molecule has 0 radical (unpaired) electrons. The molecule has 3 aromatic carbocycles. The summed E-state index contributed by atoms with van der Waals surface area (Å²) in [6.45, 7) is 5.45. The molecule has 314 valence electrons. The van der Waals surface area contributed by atoms with Crippen LogP contribution in [-0.2, 0) is 44.1 Å². The van der Waals surface area contributed by atoms with Crippen molar-refractivity contribution < 1.29 is 47.9 Å². The van der Waals surface area contributed by atoms with Gasteiger partial charge in [0.05, 0.1) is 42.8 Å². The van der Waals surface area contributed by atoms with Crippen LogP contribution in [0.1, 0.15) is 74.5 Å². The molecular weight excluding hydrogens is 791 g/mol. The molecule has 7 aliphatic heterocycles. The van der Waals surface area contributed by atoms with E-state index < -0.39 is 40.9 Å². The first-order valence-electron chi connectivity index (χ1n) is 20.2. The summed E-state index contributed by atoms with van der Waals surface area (Å²) in [6.07, 6.45) is 1.21. The average molecular weight is 838 g/mol. The van der Waals surface area contributed by atoms with Crippen LogP contribution in [0.4, 0.5) is 0 Å². The van der Waals surface area contributed by atoms with Crippen molar-refractivity contribution >= 4 is 34.6 Å². The number of aryl methyl sites for hydroxylation is 1. The van der Waals surface area contributed by atoms with E-state index in [1.165, 1.54) is 6.92 Å². The van der Waals surface area contributed by atoms with Gasteiger partial charge in [-0.1, -0.05) is 12.1 Å². The molecule has 2 saturated heterocycles. The molecule has 16 heteroatoms. The zero-order valence-corrected chi connectivity index (χ0v) is 35.1. The predicted molar refractivity (Wildman–Crippen MR) is 218 cm³/mol. The van der Waals surface area contributed by atoms with Crippen LogP contribution < -0.4 is 29.0 Å². The van der Waals surface area contributed by atoms with E-state index in [0.29, 0.717) is 59.3 Å². The Labute approximate surface area is 351 Å². The number of carbonyl (C=O) groups is 2. The van der Waals surface area contributed by atoms with Crippen molar-refractivity contribution in [2.45, 2.75) is 81.2 Å². The Bertz CT molecular complexity index is 2520. The molecule has 1 aromatic heterocycles. The van der Waals surface area contributed by atoms with E-state index in [4.69, 9.17) is 33.2 Å². The summed E-state index contributed by atoms with van der Waals surface area (Å²) in [4.78, 5) is 36.2. The van der Waals surface area contributed by atoms with Gasteiger partial charge in [-0.15, -0.1) is 11.8 Å². The number of esters is 2. The molecule has 1 spiro atoms. The van der Waals surface area contributed by atoms with Crippen LogP contribution in [0, 0.1) is 25.2 Å². The van der Waals surface area contributed by atoms with Crippen molar-refractivity contribution in [3.05, 3.63) is 74.5 Å². The number of thioether (sulfide) groups is 1. The number of hydrogen-bond acceptors (Lipinski definition) is 15. The Morgan fingerprint density at radius 3 is 2.67 bits per heavy atom. The van der Waals surface area contributed by atoms with E-state index in [2.05, 4.69) is 39.3 Å². The Kier molecular flexibility index (Phi) is 9.50. The largest absolute Gasteiger partial charge is 0.493 e. The van der Waals surface area contributed by atoms with Crippen LogP contribution >= 0.6 is 11.8 Å². The van der Waals surface area contributed by atoms with Crippen LogP contribution in [0.15, 0.2) is 24.3 Å². The second kappa shape index (κ2) is 14.6. The zero-order chi connectivity index (χ0) is 41.8. The molecule has 3 N–H and O–H groups in total. The summed E-state index contributed by atoms with van der Waals surface area (Å²) in [5, 5.41) is 25.4. The number of ether oxygens (including phenoxy) is 7. The number of nitrogens with one attached hydrogen (secondary N) is 2. The van der Waals surface area contributed by atoms with Crippen LogP contribution in [0.3, 0.4) is 0 Å². The van der Waals surface area contributed by atoms with Gasteiger partial charge >= 0.3 is 11.9 Å². The van der Waals surface area contributed by atoms with Crippen molar-refractivity contribution in [1.82, 2.24) is 20.1 Å². The van der Waals surface area contributed by atoms with Gasteiger partial charge in [-0.05, 0) is 68.1 Å². The van der Waals surface area contributed by atoms with Crippen molar-refractivity contribution in [2.75, 3.05) is 53.8 Å². The second-order valence-electron chi connectivity index (χ2n) is 16.5. The first-order chi connectivity index (χ1) is 29.1. The zero-order valence-electron chi connectivity index (χ0n) is 34.3. The van der Waals surface area contributed by atoms with E-state index in [9.17, 15) is 15.2 Å². The second-order valence-corrected chi connectivity index (χ2v) is 17.6. The molecule has 11 rings (SSSR count). The van der Waals surface area contributed by atoms with Crippen LogP contribution in [-0.4, -0.2) is 104 Å². The van der Waals surface area contributed by atoms with Gasteiger partial charge in [0.1, 0.15) is 18.4 Å². The standard InChI is InChI=1S/C44H47N5O10S/c1-20-11-24-13-28-29(14-45)49-30-16-55-43(52)44(42-25(9-10-46-44)26-12-23(15-50)7-8-27(26)47-42)17-60-41(33-32(30)40-38(57-19-58-40)21(2)37(33)59-22(3)51)35(49)34(48(28)4)31(24)39(36(20)54-6)56-18-53-5/h7-8,11-12,28-30,34-35,41,46-47,50H,9-10,13,15-19H2,1-6H3/t28-,29-,30?,34+,35+,41+,44+/m0/s1. The third-order valence-corrected chi connectivity index (χ3v) is 14.9. The highest BCUT2D eigenvalue weighted by molar-refractivity contribution is 7.99. The summed E-state index contributed by atoms with van der Waals surface area (Å²) in [7, 11) is 5.27. The number of nitriles is 1. The Morgan fingerprint density at radius 1 is 1.10 bits per heavy atom. The monoisotopic (exact) mass is 837 g/mol. The fourth-order valence-corrected chi connectivity index (χ4v) is 12.7. The lowest BCUT2D eigenvalue weighted by atomic mass is 9.71. The van der Waals surface area contributed by atoms with Gasteiger partial charge in [0.2, 0.25) is 6.79 Å². The first-order valence-corrected chi connectivity index (χ1v) is 21.3.